The molecule has 0 unspecified atom stereocenters. The quantitative estimate of drug-likeness (QED) is 0.781. The molecule has 86 valence electrons. The maximum absolute atomic E-state index is 11.2. The van der Waals surface area contributed by atoms with Gasteiger partial charge in [0.05, 0.1) is 11.5 Å². The van der Waals surface area contributed by atoms with Crippen LogP contribution in [0.15, 0.2) is 0 Å². The molecule has 0 aromatic rings. The lowest BCUT2D eigenvalue weighted by Gasteiger charge is -2.20. The van der Waals surface area contributed by atoms with Crippen molar-refractivity contribution in [2.24, 2.45) is 5.41 Å². The lowest BCUT2D eigenvalue weighted by molar-refractivity contribution is 0.0524. The van der Waals surface area contributed by atoms with Crippen molar-refractivity contribution in [3.05, 3.63) is 0 Å². The van der Waals surface area contributed by atoms with Gasteiger partial charge in [-0.15, -0.1) is 0 Å². The molecule has 0 bridgehead atoms. The summed E-state index contributed by atoms with van der Waals surface area (Å²) >= 11 is 0. The normalized spacial score (nSPS) is 11.7. The molecule has 15 heavy (non-hydrogen) atoms. The molecule has 0 aromatic heterocycles. The van der Waals surface area contributed by atoms with Crippen LogP contribution < -0.4 is 5.32 Å². The van der Waals surface area contributed by atoms with Gasteiger partial charge in [-0.3, -0.25) is 0 Å². The maximum Gasteiger partial charge on any atom is 0.407 e. The number of hydrogen-bond acceptors (Lipinski definition) is 3. The van der Waals surface area contributed by atoms with Gasteiger partial charge in [0.15, 0.2) is 0 Å². The highest BCUT2D eigenvalue weighted by molar-refractivity contribution is 5.67. The Hall–Kier alpha value is -1.24. The molecule has 1 N–H and O–H groups in total. The molecule has 0 aliphatic heterocycles. The van der Waals surface area contributed by atoms with Gasteiger partial charge in [-0.25, -0.2) is 4.79 Å². The number of nitrogens with zero attached hydrogens (tertiary/aromatic N) is 1. The molecular formula is C11H20N2O2. The molecule has 0 saturated heterocycles. The van der Waals surface area contributed by atoms with Crippen LogP contribution in [0.2, 0.25) is 0 Å². The van der Waals surface area contributed by atoms with Gasteiger partial charge >= 0.3 is 6.09 Å². The predicted molar refractivity (Wildman–Crippen MR) is 58.2 cm³/mol. The molecular weight excluding hydrogens is 192 g/mol. The number of ether oxygens (including phenoxy) is 1. The van der Waals surface area contributed by atoms with Crippen molar-refractivity contribution < 1.29 is 9.53 Å². The summed E-state index contributed by atoms with van der Waals surface area (Å²) in [6, 6.07) is 2.17. The van der Waals surface area contributed by atoms with Gasteiger partial charge in [0.25, 0.3) is 0 Å². The van der Waals surface area contributed by atoms with Crippen LogP contribution in [0.1, 0.15) is 41.0 Å². The third-order valence-electron chi connectivity index (χ3n) is 1.72. The van der Waals surface area contributed by atoms with Crippen molar-refractivity contribution in [3.8, 4) is 6.07 Å². The Kier molecular flexibility index (Phi) is 4.60. The molecule has 0 heterocycles. The molecule has 0 saturated carbocycles. The molecule has 0 radical (unpaired) electrons. The smallest absolute Gasteiger partial charge is 0.407 e. The number of hydrogen-bond donors (Lipinski definition) is 1. The predicted octanol–water partition coefficient (Wildman–Crippen LogP) is 2.45. The zero-order chi connectivity index (χ0) is 12.1. The van der Waals surface area contributed by atoms with Gasteiger partial charge in [-0.2, -0.15) is 5.26 Å². The van der Waals surface area contributed by atoms with Crippen LogP contribution >= 0.6 is 0 Å². The van der Waals surface area contributed by atoms with E-state index >= 15 is 0 Å². The van der Waals surface area contributed by atoms with E-state index in [-0.39, 0.29) is 0 Å². The number of nitriles is 1. The minimum Gasteiger partial charge on any atom is -0.444 e. The molecule has 0 aromatic carbocycles. The molecule has 4 nitrogen and oxygen atoms in total. The standard InChI is InChI=1S/C11H20N2O2/c1-10(2,3)15-9(14)13-7-6-11(4,5)8-12/h6-7H2,1-5H3,(H,13,14). The van der Waals surface area contributed by atoms with Crippen LogP contribution in [0.4, 0.5) is 4.79 Å². The van der Waals surface area contributed by atoms with E-state index in [1.54, 1.807) is 0 Å². The Balaban J connectivity index is 3.80. The van der Waals surface area contributed by atoms with Crippen molar-refractivity contribution in [3.63, 3.8) is 0 Å². The fourth-order valence-corrected chi connectivity index (χ4v) is 0.847. The second kappa shape index (κ2) is 5.01. The van der Waals surface area contributed by atoms with Crippen LogP contribution in [0.3, 0.4) is 0 Å². The van der Waals surface area contributed by atoms with Crippen molar-refractivity contribution in [1.29, 1.82) is 5.26 Å². The van der Waals surface area contributed by atoms with E-state index in [2.05, 4.69) is 11.4 Å². The van der Waals surface area contributed by atoms with E-state index in [0.717, 1.165) is 0 Å². The van der Waals surface area contributed by atoms with Crippen molar-refractivity contribution >= 4 is 6.09 Å². The SMILES string of the molecule is CC(C)(C#N)CCNC(=O)OC(C)(C)C. The first kappa shape index (κ1) is 13.8. The number of nitrogens with one attached hydrogen (secondary N) is 1. The Morgan fingerprint density at radius 2 is 1.87 bits per heavy atom. The van der Waals surface area contributed by atoms with E-state index in [1.807, 2.05) is 34.6 Å². The summed E-state index contributed by atoms with van der Waals surface area (Å²) in [5.41, 5.74) is -0.885. The minimum absolute atomic E-state index is 0.408. The number of carbonyl (C=O) groups is 1. The topological polar surface area (TPSA) is 62.1 Å². The lowest BCUT2D eigenvalue weighted by Crippen LogP contribution is -2.34. The van der Waals surface area contributed by atoms with Crippen molar-refractivity contribution in [2.75, 3.05) is 6.54 Å². The van der Waals surface area contributed by atoms with E-state index in [0.29, 0.717) is 13.0 Å². The first-order chi connectivity index (χ1) is 6.66. The highest BCUT2D eigenvalue weighted by atomic mass is 16.6. The summed E-state index contributed by atoms with van der Waals surface area (Å²) < 4.78 is 5.05. The molecule has 0 fully saturated rings. The van der Waals surface area contributed by atoms with E-state index in [4.69, 9.17) is 10.00 Å². The summed E-state index contributed by atoms with van der Waals surface area (Å²) in [4.78, 5) is 11.2. The average molecular weight is 212 g/mol. The maximum atomic E-state index is 11.2. The number of amides is 1. The molecule has 0 rings (SSSR count). The zero-order valence-corrected chi connectivity index (χ0v) is 10.2. The molecule has 1 amide bonds. The monoisotopic (exact) mass is 212 g/mol. The molecule has 0 atom stereocenters. The van der Waals surface area contributed by atoms with Crippen LogP contribution in [-0.4, -0.2) is 18.2 Å². The van der Waals surface area contributed by atoms with Gasteiger partial charge in [-0.05, 0) is 41.0 Å². The van der Waals surface area contributed by atoms with Gasteiger partial charge < -0.3 is 10.1 Å². The first-order valence-corrected chi connectivity index (χ1v) is 5.04. The summed E-state index contributed by atoms with van der Waals surface area (Å²) in [5, 5.41) is 11.4. The second-order valence-electron chi connectivity index (χ2n) is 5.17. The van der Waals surface area contributed by atoms with Crippen molar-refractivity contribution in [1.82, 2.24) is 5.32 Å². The molecule has 4 heteroatoms. The third-order valence-corrected chi connectivity index (χ3v) is 1.72. The van der Waals surface area contributed by atoms with Crippen LogP contribution in [0.25, 0.3) is 0 Å². The highest BCUT2D eigenvalue weighted by Crippen LogP contribution is 2.17. The lowest BCUT2D eigenvalue weighted by atomic mass is 9.92. The van der Waals surface area contributed by atoms with Gasteiger partial charge in [-0.1, -0.05) is 0 Å². The summed E-state index contributed by atoms with van der Waals surface area (Å²) in [5.74, 6) is 0. The van der Waals surface area contributed by atoms with E-state index < -0.39 is 17.1 Å². The number of alkyl carbamates (subject to hydrolysis) is 1. The van der Waals surface area contributed by atoms with Gasteiger partial charge in [0.2, 0.25) is 0 Å². The van der Waals surface area contributed by atoms with Gasteiger partial charge in [0.1, 0.15) is 5.60 Å². The summed E-state index contributed by atoms with van der Waals surface area (Å²) in [7, 11) is 0. The van der Waals surface area contributed by atoms with Crippen molar-refractivity contribution in [2.45, 2.75) is 46.6 Å². The summed E-state index contributed by atoms with van der Waals surface area (Å²) in [6.07, 6.45) is 0.180. The fraction of sp³-hybridized carbons (Fsp3) is 0.818. The number of rotatable bonds is 3. The second-order valence-corrected chi connectivity index (χ2v) is 5.17. The zero-order valence-electron chi connectivity index (χ0n) is 10.2. The molecule has 0 spiro atoms. The summed E-state index contributed by atoms with van der Waals surface area (Å²) in [6.45, 7) is 9.56. The minimum atomic E-state index is -0.477. The Morgan fingerprint density at radius 1 is 1.33 bits per heavy atom. The van der Waals surface area contributed by atoms with E-state index in [1.165, 1.54) is 0 Å². The Morgan fingerprint density at radius 3 is 2.27 bits per heavy atom. The van der Waals surface area contributed by atoms with Crippen LogP contribution in [0, 0.1) is 16.7 Å². The van der Waals surface area contributed by atoms with E-state index in [9.17, 15) is 4.79 Å². The van der Waals surface area contributed by atoms with Crippen LogP contribution in [-0.2, 0) is 4.74 Å². The highest BCUT2D eigenvalue weighted by Gasteiger charge is 2.18. The first-order valence-electron chi connectivity index (χ1n) is 5.04. The molecule has 0 aliphatic rings. The Labute approximate surface area is 91.6 Å². The Bertz CT molecular complexity index is 259. The van der Waals surface area contributed by atoms with Gasteiger partial charge in [0, 0.05) is 6.54 Å². The van der Waals surface area contributed by atoms with Crippen LogP contribution in [0.5, 0.6) is 0 Å². The molecule has 0 aliphatic carbocycles. The third kappa shape index (κ3) is 7.80. The number of carbonyl (C=O) groups excluding carboxylic acids is 1. The average Bonchev–Trinajstić information content (AvgIpc) is 2.00. The largest absolute Gasteiger partial charge is 0.444 e. The fourth-order valence-electron chi connectivity index (χ4n) is 0.847.